The highest BCUT2D eigenvalue weighted by Gasteiger charge is 2.23. The van der Waals surface area contributed by atoms with Crippen LogP contribution in [0.1, 0.15) is 42.3 Å². The largest absolute Gasteiger partial charge is 0.349 e. The van der Waals surface area contributed by atoms with Crippen molar-refractivity contribution in [3.05, 3.63) is 71.6 Å². The Morgan fingerprint density at radius 3 is 2.81 bits per heavy atom. The maximum atomic E-state index is 12.2. The molecule has 4 rings (SSSR count). The smallest absolute Gasteiger partial charge is 0.226 e. The Balaban J connectivity index is 1.26. The molecule has 0 saturated heterocycles. The number of aryl methyl sites for hydroxylation is 2. The van der Waals surface area contributed by atoms with E-state index < -0.39 is 0 Å². The molecule has 1 heterocycles. The Morgan fingerprint density at radius 2 is 1.92 bits per heavy atom. The van der Waals surface area contributed by atoms with E-state index in [0.717, 1.165) is 18.4 Å². The van der Waals surface area contributed by atoms with Crippen LogP contribution in [0.15, 0.2) is 59.1 Å². The summed E-state index contributed by atoms with van der Waals surface area (Å²) in [5.74, 6) is 1.24. The summed E-state index contributed by atoms with van der Waals surface area (Å²) < 4.78 is 5.29. The van der Waals surface area contributed by atoms with Gasteiger partial charge in [0.15, 0.2) is 0 Å². The van der Waals surface area contributed by atoms with Gasteiger partial charge in [0.1, 0.15) is 0 Å². The van der Waals surface area contributed by atoms with Gasteiger partial charge in [0.2, 0.25) is 17.6 Å². The molecule has 2 aromatic carbocycles. The molecule has 1 N–H and O–H groups in total. The van der Waals surface area contributed by atoms with Crippen molar-refractivity contribution in [1.29, 1.82) is 0 Å². The number of carbonyl (C=O) groups is 1. The van der Waals surface area contributed by atoms with Crippen molar-refractivity contribution < 1.29 is 9.32 Å². The first-order valence-corrected chi connectivity index (χ1v) is 9.05. The van der Waals surface area contributed by atoms with Gasteiger partial charge in [-0.3, -0.25) is 4.79 Å². The van der Waals surface area contributed by atoms with E-state index in [2.05, 4.69) is 33.7 Å². The number of nitrogens with zero attached hydrogens (tertiary/aromatic N) is 2. The topological polar surface area (TPSA) is 68.0 Å². The third kappa shape index (κ3) is 3.67. The van der Waals surface area contributed by atoms with E-state index in [0.29, 0.717) is 31.0 Å². The van der Waals surface area contributed by atoms with Gasteiger partial charge in [-0.25, -0.2) is 0 Å². The van der Waals surface area contributed by atoms with Gasteiger partial charge < -0.3 is 9.84 Å². The van der Waals surface area contributed by atoms with Gasteiger partial charge in [0, 0.05) is 18.4 Å². The second-order valence-corrected chi connectivity index (χ2v) is 6.59. The van der Waals surface area contributed by atoms with Crippen molar-refractivity contribution in [2.45, 2.75) is 38.1 Å². The summed E-state index contributed by atoms with van der Waals surface area (Å²) in [6, 6.07) is 18.2. The molecule has 132 valence electrons. The molecule has 1 atom stereocenters. The van der Waals surface area contributed by atoms with Crippen molar-refractivity contribution in [3.8, 4) is 11.4 Å². The predicted octanol–water partition coefficient (Wildman–Crippen LogP) is 3.86. The molecule has 1 unspecified atom stereocenters. The molecule has 1 aliphatic carbocycles. The maximum Gasteiger partial charge on any atom is 0.226 e. The van der Waals surface area contributed by atoms with Crippen LogP contribution in [0.3, 0.4) is 0 Å². The monoisotopic (exact) mass is 347 g/mol. The number of hydrogen-bond donors (Lipinski definition) is 1. The highest BCUT2D eigenvalue weighted by Crippen LogP contribution is 2.30. The molecule has 0 fully saturated rings. The third-order valence-corrected chi connectivity index (χ3v) is 4.76. The first-order chi connectivity index (χ1) is 12.8. The predicted molar refractivity (Wildman–Crippen MR) is 98.3 cm³/mol. The number of aromatic nitrogens is 2. The number of amides is 1. The molecular formula is C21H21N3O2. The van der Waals surface area contributed by atoms with Crippen LogP contribution in [0.5, 0.6) is 0 Å². The normalized spacial score (nSPS) is 15.6. The molecule has 0 aliphatic heterocycles. The molecule has 1 aromatic heterocycles. The lowest BCUT2D eigenvalue weighted by molar-refractivity contribution is -0.121. The fourth-order valence-electron chi connectivity index (χ4n) is 3.43. The van der Waals surface area contributed by atoms with Gasteiger partial charge in [-0.05, 0) is 30.4 Å². The standard InChI is InChI=1S/C21H21N3O2/c25-19(22-18-14-13-15-7-4-5-10-17(15)18)11-6-12-20-23-21(24-26-20)16-8-2-1-3-9-16/h1-5,7-10,18H,6,11-14H2,(H,22,25). The molecule has 0 bridgehead atoms. The summed E-state index contributed by atoms with van der Waals surface area (Å²) in [5.41, 5.74) is 3.53. The first kappa shape index (κ1) is 16.5. The summed E-state index contributed by atoms with van der Waals surface area (Å²) in [6.45, 7) is 0. The van der Waals surface area contributed by atoms with Crippen LogP contribution in [0.4, 0.5) is 0 Å². The maximum absolute atomic E-state index is 12.2. The van der Waals surface area contributed by atoms with Crippen LogP contribution in [0.25, 0.3) is 11.4 Å². The van der Waals surface area contributed by atoms with E-state index in [9.17, 15) is 4.79 Å². The molecule has 0 spiro atoms. The molecule has 5 heteroatoms. The van der Waals surface area contributed by atoms with Gasteiger partial charge in [-0.1, -0.05) is 59.8 Å². The lowest BCUT2D eigenvalue weighted by Crippen LogP contribution is -2.26. The summed E-state index contributed by atoms with van der Waals surface area (Å²) in [4.78, 5) is 16.6. The zero-order valence-electron chi connectivity index (χ0n) is 14.5. The van der Waals surface area contributed by atoms with Gasteiger partial charge in [-0.2, -0.15) is 4.98 Å². The van der Waals surface area contributed by atoms with E-state index in [1.165, 1.54) is 11.1 Å². The number of benzene rings is 2. The Morgan fingerprint density at radius 1 is 1.12 bits per heavy atom. The molecule has 5 nitrogen and oxygen atoms in total. The van der Waals surface area contributed by atoms with E-state index in [1.807, 2.05) is 36.4 Å². The number of nitrogens with one attached hydrogen (secondary N) is 1. The van der Waals surface area contributed by atoms with Crippen LogP contribution in [-0.2, 0) is 17.6 Å². The molecule has 3 aromatic rings. The second-order valence-electron chi connectivity index (χ2n) is 6.59. The Bertz CT molecular complexity index is 889. The fraction of sp³-hybridized carbons (Fsp3) is 0.286. The van der Waals surface area contributed by atoms with Crippen LogP contribution >= 0.6 is 0 Å². The SMILES string of the molecule is O=C(CCCc1nc(-c2ccccc2)no1)NC1CCc2ccccc21. The van der Waals surface area contributed by atoms with Gasteiger partial charge >= 0.3 is 0 Å². The highest BCUT2D eigenvalue weighted by molar-refractivity contribution is 5.76. The number of fused-ring (bicyclic) bond motifs is 1. The van der Waals surface area contributed by atoms with Crippen LogP contribution in [-0.4, -0.2) is 16.0 Å². The molecular weight excluding hydrogens is 326 g/mol. The van der Waals surface area contributed by atoms with Crippen LogP contribution in [0, 0.1) is 0 Å². The van der Waals surface area contributed by atoms with Crippen molar-refractivity contribution in [2.75, 3.05) is 0 Å². The average molecular weight is 347 g/mol. The molecule has 0 saturated carbocycles. The fourth-order valence-corrected chi connectivity index (χ4v) is 3.43. The summed E-state index contributed by atoms with van der Waals surface area (Å²) in [5, 5.41) is 7.15. The minimum Gasteiger partial charge on any atom is -0.349 e. The van der Waals surface area contributed by atoms with Gasteiger partial charge in [0.05, 0.1) is 6.04 Å². The van der Waals surface area contributed by atoms with Gasteiger partial charge in [0.25, 0.3) is 0 Å². The zero-order valence-corrected chi connectivity index (χ0v) is 14.5. The van der Waals surface area contributed by atoms with E-state index >= 15 is 0 Å². The van der Waals surface area contributed by atoms with E-state index in [4.69, 9.17) is 4.52 Å². The Labute approximate surface area is 152 Å². The zero-order chi connectivity index (χ0) is 17.8. The molecule has 0 radical (unpaired) electrons. The minimum atomic E-state index is 0.0782. The van der Waals surface area contributed by atoms with Crippen molar-refractivity contribution in [1.82, 2.24) is 15.5 Å². The highest BCUT2D eigenvalue weighted by atomic mass is 16.5. The first-order valence-electron chi connectivity index (χ1n) is 9.05. The van der Waals surface area contributed by atoms with Crippen LogP contribution < -0.4 is 5.32 Å². The number of rotatable bonds is 6. The average Bonchev–Trinajstić information content (AvgIpc) is 3.30. The summed E-state index contributed by atoms with van der Waals surface area (Å²) >= 11 is 0. The van der Waals surface area contributed by atoms with E-state index in [-0.39, 0.29) is 11.9 Å². The second kappa shape index (κ2) is 7.52. The number of hydrogen-bond acceptors (Lipinski definition) is 4. The summed E-state index contributed by atoms with van der Waals surface area (Å²) in [7, 11) is 0. The molecule has 26 heavy (non-hydrogen) atoms. The van der Waals surface area contributed by atoms with Crippen molar-refractivity contribution in [2.24, 2.45) is 0 Å². The third-order valence-electron chi connectivity index (χ3n) is 4.76. The number of carbonyl (C=O) groups excluding carboxylic acids is 1. The Hall–Kier alpha value is -2.95. The van der Waals surface area contributed by atoms with Crippen LogP contribution in [0.2, 0.25) is 0 Å². The van der Waals surface area contributed by atoms with E-state index in [1.54, 1.807) is 0 Å². The quantitative estimate of drug-likeness (QED) is 0.735. The Kier molecular flexibility index (Phi) is 4.78. The lowest BCUT2D eigenvalue weighted by atomic mass is 10.1. The van der Waals surface area contributed by atoms with Crippen molar-refractivity contribution in [3.63, 3.8) is 0 Å². The van der Waals surface area contributed by atoms with Gasteiger partial charge in [-0.15, -0.1) is 0 Å². The summed E-state index contributed by atoms with van der Waals surface area (Å²) in [6.07, 6.45) is 3.77. The lowest BCUT2D eigenvalue weighted by Gasteiger charge is -2.13. The minimum absolute atomic E-state index is 0.0782. The molecule has 1 aliphatic rings. The van der Waals surface area contributed by atoms with Crippen molar-refractivity contribution >= 4 is 5.91 Å². The molecule has 1 amide bonds.